The van der Waals surface area contributed by atoms with Gasteiger partial charge in [0, 0.05) is 48.9 Å². The average molecular weight is 260 g/mol. The van der Waals surface area contributed by atoms with Gasteiger partial charge in [0.15, 0.2) is 0 Å². The highest BCUT2D eigenvalue weighted by molar-refractivity contribution is 5.13. The zero-order chi connectivity index (χ0) is 13.3. The lowest BCUT2D eigenvalue weighted by Gasteiger charge is -2.33. The van der Waals surface area contributed by atoms with E-state index < -0.39 is 5.54 Å². The molecule has 2 aliphatic rings. The van der Waals surface area contributed by atoms with Gasteiger partial charge in [-0.3, -0.25) is 15.0 Å². The summed E-state index contributed by atoms with van der Waals surface area (Å²) < 4.78 is 0. The van der Waals surface area contributed by atoms with Crippen LogP contribution >= 0.6 is 0 Å². The Bertz CT molecular complexity index is 327. The molecule has 0 aliphatic carbocycles. The minimum Gasteiger partial charge on any atom is -0.396 e. The minimum absolute atomic E-state index is 0.00462. The lowest BCUT2D eigenvalue weighted by atomic mass is 9.80. The number of aliphatic hydroxyl groups excluding tert-OH is 3. The van der Waals surface area contributed by atoms with Gasteiger partial charge >= 0.3 is 0 Å². The van der Waals surface area contributed by atoms with Crippen LogP contribution in [0.1, 0.15) is 25.7 Å². The third-order valence-corrected chi connectivity index (χ3v) is 4.33. The molecule has 5 atom stereocenters. The molecule has 0 bridgehead atoms. The normalized spacial score (nSPS) is 42.4. The van der Waals surface area contributed by atoms with Gasteiger partial charge in [0.1, 0.15) is 0 Å². The second kappa shape index (κ2) is 5.08. The summed E-state index contributed by atoms with van der Waals surface area (Å²) >= 11 is 0. The number of piperidine rings is 1. The van der Waals surface area contributed by atoms with E-state index in [9.17, 15) is 20.3 Å². The number of hydrogen-bond donors (Lipinski definition) is 3. The summed E-state index contributed by atoms with van der Waals surface area (Å²) in [7, 11) is 0. The molecule has 7 heteroatoms. The van der Waals surface area contributed by atoms with Crippen molar-refractivity contribution in [3.63, 3.8) is 0 Å². The molecule has 3 N–H and O–H groups in total. The largest absolute Gasteiger partial charge is 0.396 e. The summed E-state index contributed by atoms with van der Waals surface area (Å²) in [6.45, 7) is -0.201. The average Bonchev–Trinajstić information content (AvgIpc) is 3.07. The minimum atomic E-state index is -1.05. The fourth-order valence-electron chi connectivity index (χ4n) is 3.38. The molecule has 18 heavy (non-hydrogen) atoms. The summed E-state index contributed by atoms with van der Waals surface area (Å²) in [5, 5.41) is 38.8. The molecule has 0 aromatic heterocycles. The topological polar surface area (TPSA) is 107 Å². The van der Waals surface area contributed by atoms with Crippen molar-refractivity contribution >= 4 is 0 Å². The van der Waals surface area contributed by atoms with E-state index in [0.717, 1.165) is 0 Å². The number of nitro groups is 1. The third-order valence-electron chi connectivity index (χ3n) is 4.33. The monoisotopic (exact) mass is 260 g/mol. The molecule has 7 nitrogen and oxygen atoms in total. The van der Waals surface area contributed by atoms with E-state index in [1.165, 1.54) is 0 Å². The second-order valence-corrected chi connectivity index (χ2v) is 5.32. The first-order valence-corrected chi connectivity index (χ1v) is 6.34. The molecule has 2 rings (SSSR count). The van der Waals surface area contributed by atoms with E-state index in [-0.39, 0.29) is 42.9 Å². The molecule has 0 amide bonds. The van der Waals surface area contributed by atoms with Crippen LogP contribution in [0.15, 0.2) is 0 Å². The Hall–Kier alpha value is -0.760. The number of hydrogen-bond acceptors (Lipinski definition) is 6. The second-order valence-electron chi connectivity index (χ2n) is 5.32. The van der Waals surface area contributed by atoms with Crippen LogP contribution in [0.3, 0.4) is 0 Å². The van der Waals surface area contributed by atoms with Crippen LogP contribution in [0.4, 0.5) is 0 Å². The van der Waals surface area contributed by atoms with E-state index in [1.807, 2.05) is 4.90 Å². The fourth-order valence-corrected chi connectivity index (χ4v) is 3.38. The quantitative estimate of drug-likeness (QED) is 0.320. The summed E-state index contributed by atoms with van der Waals surface area (Å²) in [6, 6.07) is -0.284. The Kier molecular flexibility index (Phi) is 3.86. The molecule has 2 fully saturated rings. The number of fused-ring (bicyclic) bond motifs is 1. The van der Waals surface area contributed by atoms with E-state index in [2.05, 4.69) is 0 Å². The van der Waals surface area contributed by atoms with Crippen molar-refractivity contribution in [3.8, 4) is 0 Å². The highest BCUT2D eigenvalue weighted by Crippen LogP contribution is 2.47. The summed E-state index contributed by atoms with van der Waals surface area (Å²) in [4.78, 5) is 13.1. The molecule has 2 heterocycles. The van der Waals surface area contributed by atoms with Gasteiger partial charge in [-0.1, -0.05) is 0 Å². The van der Waals surface area contributed by atoms with Crippen molar-refractivity contribution in [3.05, 3.63) is 10.1 Å². The van der Waals surface area contributed by atoms with Crippen LogP contribution in [-0.2, 0) is 0 Å². The van der Waals surface area contributed by atoms with Crippen molar-refractivity contribution in [2.24, 2.45) is 0 Å². The smallest absolute Gasteiger partial charge is 0.225 e. The van der Waals surface area contributed by atoms with E-state index in [0.29, 0.717) is 25.7 Å². The maximum atomic E-state index is 11.4. The molecular weight excluding hydrogens is 240 g/mol. The van der Waals surface area contributed by atoms with Crippen molar-refractivity contribution in [1.29, 1.82) is 0 Å². The molecule has 104 valence electrons. The van der Waals surface area contributed by atoms with Crippen molar-refractivity contribution in [2.75, 3.05) is 19.8 Å². The first-order chi connectivity index (χ1) is 8.59. The maximum absolute atomic E-state index is 11.4. The third kappa shape index (κ3) is 2.11. The predicted octanol–water partition coefficient (Wildman–Crippen LogP) is -1.03. The molecular formula is C11H20N2O5. The Morgan fingerprint density at radius 3 is 2.50 bits per heavy atom. The van der Waals surface area contributed by atoms with Gasteiger partial charge in [-0.2, -0.15) is 0 Å². The number of aliphatic hydroxyl groups is 3. The lowest BCUT2D eigenvalue weighted by Crippen LogP contribution is -2.49. The van der Waals surface area contributed by atoms with Gasteiger partial charge in [0.2, 0.25) is 5.54 Å². The standard InChI is InChI=1S/C11H20N2O5/c14-3-1-2-11(13(17)18)4-8(6-15)12-9(5-11)10(12)7-16/h8-10,14-16H,1-7H2. The maximum Gasteiger partial charge on any atom is 0.225 e. The molecule has 2 aliphatic heterocycles. The van der Waals surface area contributed by atoms with E-state index in [4.69, 9.17) is 5.11 Å². The molecule has 2 saturated heterocycles. The highest BCUT2D eigenvalue weighted by Gasteiger charge is 2.63. The first kappa shape index (κ1) is 13.7. The number of nitrogens with zero attached hydrogens (tertiary/aromatic N) is 2. The summed E-state index contributed by atoms with van der Waals surface area (Å²) in [5.74, 6) is 0. The van der Waals surface area contributed by atoms with E-state index in [1.54, 1.807) is 0 Å². The summed E-state index contributed by atoms with van der Waals surface area (Å²) in [6.07, 6.45) is 1.43. The van der Waals surface area contributed by atoms with Gasteiger partial charge in [0.25, 0.3) is 0 Å². The van der Waals surface area contributed by atoms with Crippen molar-refractivity contribution in [2.45, 2.75) is 49.3 Å². The lowest BCUT2D eigenvalue weighted by molar-refractivity contribution is -0.577. The van der Waals surface area contributed by atoms with Crippen LogP contribution in [0.5, 0.6) is 0 Å². The van der Waals surface area contributed by atoms with Crippen LogP contribution in [0.25, 0.3) is 0 Å². The van der Waals surface area contributed by atoms with Crippen LogP contribution in [-0.4, -0.2) is 68.6 Å². The summed E-state index contributed by atoms with van der Waals surface area (Å²) in [5.41, 5.74) is -1.05. The Morgan fingerprint density at radius 2 is 2.00 bits per heavy atom. The van der Waals surface area contributed by atoms with Crippen LogP contribution < -0.4 is 0 Å². The molecule has 0 aromatic rings. The Morgan fingerprint density at radius 1 is 1.28 bits per heavy atom. The molecule has 5 unspecified atom stereocenters. The van der Waals surface area contributed by atoms with Crippen molar-refractivity contribution in [1.82, 2.24) is 4.90 Å². The van der Waals surface area contributed by atoms with Gasteiger partial charge in [-0.15, -0.1) is 0 Å². The van der Waals surface area contributed by atoms with Gasteiger partial charge in [0.05, 0.1) is 13.2 Å². The Balaban J connectivity index is 2.14. The number of rotatable bonds is 6. The van der Waals surface area contributed by atoms with Gasteiger partial charge in [-0.25, -0.2) is 0 Å². The highest BCUT2D eigenvalue weighted by atomic mass is 16.6. The molecule has 0 aromatic carbocycles. The predicted molar refractivity (Wildman–Crippen MR) is 62.7 cm³/mol. The van der Waals surface area contributed by atoms with Crippen LogP contribution in [0, 0.1) is 10.1 Å². The zero-order valence-electron chi connectivity index (χ0n) is 10.2. The van der Waals surface area contributed by atoms with Gasteiger partial charge < -0.3 is 15.3 Å². The first-order valence-electron chi connectivity index (χ1n) is 6.34. The SMILES string of the molecule is O=[N+]([O-])C1(CCCO)CC(CO)N2C(CO)C2C1. The molecule has 0 spiro atoms. The molecule has 0 radical (unpaired) electrons. The molecule has 0 saturated carbocycles. The van der Waals surface area contributed by atoms with Crippen LogP contribution in [0.2, 0.25) is 0 Å². The fraction of sp³-hybridized carbons (Fsp3) is 1.00. The van der Waals surface area contributed by atoms with E-state index >= 15 is 0 Å². The van der Waals surface area contributed by atoms with Crippen molar-refractivity contribution < 1.29 is 20.2 Å². The zero-order valence-corrected chi connectivity index (χ0v) is 10.2. The Labute approximate surface area is 105 Å². The van der Waals surface area contributed by atoms with Gasteiger partial charge in [-0.05, 0) is 6.42 Å².